The molecule has 3 aromatic rings. The molecule has 9 heteroatoms. The van der Waals surface area contributed by atoms with Crippen LogP contribution >= 0.6 is 0 Å². The number of nitrogens with zero attached hydrogens (tertiary/aromatic N) is 2. The van der Waals surface area contributed by atoms with Crippen molar-refractivity contribution < 1.29 is 24.5 Å². The second-order valence-electron chi connectivity index (χ2n) is 10.9. The third-order valence-corrected chi connectivity index (χ3v) is 6.34. The predicted octanol–water partition coefficient (Wildman–Crippen LogP) is 4.16. The molecular weight excluding hydrogens is 484 g/mol. The van der Waals surface area contributed by atoms with Crippen molar-refractivity contribution in [2.24, 2.45) is 0 Å². The molecule has 1 fully saturated rings. The highest BCUT2D eigenvalue weighted by Crippen LogP contribution is 2.32. The molecule has 204 valence electrons. The normalized spacial score (nSPS) is 16.2. The molecule has 0 aliphatic carbocycles. The number of carbonyl (C=O) groups is 2. The molecular formula is C29H38N4O5. The maximum Gasteiger partial charge on any atom is 0.414 e. The second-order valence-corrected chi connectivity index (χ2v) is 10.9. The fourth-order valence-electron chi connectivity index (χ4n) is 5.23. The summed E-state index contributed by atoms with van der Waals surface area (Å²) in [6.07, 6.45) is 4.37. The molecule has 1 saturated heterocycles. The minimum absolute atomic E-state index is 0.113. The number of nitrogens with one attached hydrogen (secondary N) is 2. The van der Waals surface area contributed by atoms with Crippen molar-refractivity contribution in [3.8, 4) is 17.0 Å². The van der Waals surface area contributed by atoms with Crippen LogP contribution < -0.4 is 15.4 Å². The summed E-state index contributed by atoms with van der Waals surface area (Å²) >= 11 is 0. The molecule has 1 aliphatic rings. The van der Waals surface area contributed by atoms with Crippen LogP contribution in [0.2, 0.25) is 0 Å². The Hall–Kier alpha value is -3.69. The lowest BCUT2D eigenvalue weighted by Crippen LogP contribution is -2.61. The summed E-state index contributed by atoms with van der Waals surface area (Å²) in [7, 11) is 1.72. The van der Waals surface area contributed by atoms with Crippen molar-refractivity contribution in [3.05, 3.63) is 71.9 Å². The van der Waals surface area contributed by atoms with E-state index in [0.717, 1.165) is 42.9 Å². The van der Waals surface area contributed by atoms with Crippen LogP contribution in [0.3, 0.4) is 0 Å². The first-order chi connectivity index (χ1) is 17.9. The minimum atomic E-state index is -1.82. The van der Waals surface area contributed by atoms with Gasteiger partial charge in [0.25, 0.3) is 0 Å². The van der Waals surface area contributed by atoms with E-state index in [0.29, 0.717) is 6.04 Å². The first-order valence-corrected chi connectivity index (χ1v) is 12.6. The summed E-state index contributed by atoms with van der Waals surface area (Å²) in [5.41, 5.74) is 4.68. The van der Waals surface area contributed by atoms with Crippen molar-refractivity contribution in [3.63, 3.8) is 0 Å². The lowest BCUT2D eigenvalue weighted by Gasteiger charge is -2.46. The van der Waals surface area contributed by atoms with Crippen LogP contribution in [0.4, 0.5) is 0 Å². The highest BCUT2D eigenvalue weighted by Gasteiger charge is 2.37. The Kier molecular flexibility index (Phi) is 9.30. The van der Waals surface area contributed by atoms with Crippen molar-refractivity contribution in [2.75, 3.05) is 7.11 Å². The van der Waals surface area contributed by atoms with E-state index in [1.807, 2.05) is 28.9 Å². The van der Waals surface area contributed by atoms with Crippen LogP contribution in [0, 0.1) is 0 Å². The summed E-state index contributed by atoms with van der Waals surface area (Å²) < 4.78 is 7.70. The van der Waals surface area contributed by atoms with Crippen molar-refractivity contribution >= 4 is 11.9 Å². The van der Waals surface area contributed by atoms with Gasteiger partial charge in [0.1, 0.15) is 11.4 Å². The molecule has 1 aromatic heterocycles. The third kappa shape index (κ3) is 8.16. The van der Waals surface area contributed by atoms with E-state index in [-0.39, 0.29) is 11.1 Å². The number of aromatic nitrogens is 2. The molecule has 0 unspecified atom stereocenters. The van der Waals surface area contributed by atoms with Crippen molar-refractivity contribution in [1.82, 2.24) is 20.4 Å². The van der Waals surface area contributed by atoms with Gasteiger partial charge < -0.3 is 25.6 Å². The van der Waals surface area contributed by atoms with Crippen LogP contribution in [-0.4, -0.2) is 56.2 Å². The molecule has 0 amide bonds. The number of carboxylic acids is 2. The number of para-hydroxylation sites is 1. The van der Waals surface area contributed by atoms with Gasteiger partial charge in [-0.1, -0.05) is 42.5 Å². The number of aliphatic carboxylic acids is 2. The molecule has 2 heterocycles. The second kappa shape index (κ2) is 12.2. The lowest BCUT2D eigenvalue weighted by molar-refractivity contribution is -0.159. The molecule has 0 bridgehead atoms. The van der Waals surface area contributed by atoms with Gasteiger partial charge in [-0.2, -0.15) is 5.10 Å². The SMILES string of the molecule is COc1ccccc1-c1nn(Cc2ccccc2)cc1CNC1CC(C)(C)NC(C)(C)C1.O=C(O)C(=O)O. The fourth-order valence-corrected chi connectivity index (χ4v) is 5.23. The summed E-state index contributed by atoms with van der Waals surface area (Å²) in [5, 5.41) is 27.4. The Balaban J connectivity index is 0.000000599. The molecule has 38 heavy (non-hydrogen) atoms. The summed E-state index contributed by atoms with van der Waals surface area (Å²) in [6, 6.07) is 19.1. The van der Waals surface area contributed by atoms with Crippen LogP contribution in [0.25, 0.3) is 11.3 Å². The standard InChI is InChI=1S/C27H36N4O.C2H2O4/c1-26(2)15-22(16-27(3,4)30-26)28-17-21-19-31(18-20-11-7-6-8-12-20)29-25(21)23-13-9-10-14-24(23)32-5;3-1(4)2(5)6/h6-14,19,22,28,30H,15-18H2,1-5H3;(H,3,4)(H,5,6). The zero-order chi connectivity index (χ0) is 27.9. The monoisotopic (exact) mass is 522 g/mol. The lowest BCUT2D eigenvalue weighted by atomic mass is 9.79. The van der Waals surface area contributed by atoms with E-state index in [4.69, 9.17) is 29.6 Å². The zero-order valence-corrected chi connectivity index (χ0v) is 22.7. The van der Waals surface area contributed by atoms with Gasteiger partial charge in [-0.3, -0.25) is 4.68 Å². The van der Waals surface area contributed by atoms with Gasteiger partial charge >= 0.3 is 11.9 Å². The Labute approximate surface area is 223 Å². The van der Waals surface area contributed by atoms with E-state index in [1.54, 1.807) is 7.11 Å². The molecule has 4 rings (SSSR count). The maximum absolute atomic E-state index is 9.10. The van der Waals surface area contributed by atoms with Crippen LogP contribution in [-0.2, 0) is 22.7 Å². The van der Waals surface area contributed by atoms with Crippen LogP contribution in [0.1, 0.15) is 51.7 Å². The van der Waals surface area contributed by atoms with E-state index in [9.17, 15) is 0 Å². The third-order valence-electron chi connectivity index (χ3n) is 6.34. The van der Waals surface area contributed by atoms with Crippen molar-refractivity contribution in [1.29, 1.82) is 0 Å². The Morgan fingerprint density at radius 1 is 1.00 bits per heavy atom. The topological polar surface area (TPSA) is 126 Å². The highest BCUT2D eigenvalue weighted by molar-refractivity contribution is 6.27. The van der Waals surface area contributed by atoms with E-state index in [1.165, 1.54) is 11.1 Å². The Morgan fingerprint density at radius 3 is 2.16 bits per heavy atom. The molecule has 2 aromatic carbocycles. The first-order valence-electron chi connectivity index (χ1n) is 12.6. The van der Waals surface area contributed by atoms with Gasteiger partial charge in [0, 0.05) is 41.0 Å². The van der Waals surface area contributed by atoms with Gasteiger partial charge in [-0.15, -0.1) is 0 Å². The summed E-state index contributed by atoms with van der Waals surface area (Å²) in [5.74, 6) is -2.80. The summed E-state index contributed by atoms with van der Waals surface area (Å²) in [4.78, 5) is 18.2. The average Bonchev–Trinajstić information content (AvgIpc) is 3.24. The van der Waals surface area contributed by atoms with Gasteiger partial charge in [-0.25, -0.2) is 9.59 Å². The van der Waals surface area contributed by atoms with Gasteiger partial charge in [0.15, 0.2) is 0 Å². The number of rotatable bonds is 7. The zero-order valence-electron chi connectivity index (χ0n) is 22.7. The highest BCUT2D eigenvalue weighted by atomic mass is 16.5. The number of benzene rings is 2. The molecule has 1 aliphatic heterocycles. The number of carboxylic acid groups (broad SMARTS) is 2. The van der Waals surface area contributed by atoms with Crippen LogP contribution in [0.5, 0.6) is 5.75 Å². The number of ether oxygens (including phenoxy) is 1. The van der Waals surface area contributed by atoms with Gasteiger partial charge in [-0.05, 0) is 58.2 Å². The molecule has 0 spiro atoms. The summed E-state index contributed by atoms with van der Waals surface area (Å²) in [6.45, 7) is 10.7. The van der Waals surface area contributed by atoms with E-state index in [2.05, 4.69) is 74.9 Å². The molecule has 0 atom stereocenters. The Morgan fingerprint density at radius 2 is 1.58 bits per heavy atom. The smallest absolute Gasteiger partial charge is 0.414 e. The quantitative estimate of drug-likeness (QED) is 0.341. The number of hydrogen-bond acceptors (Lipinski definition) is 6. The number of piperidine rings is 1. The van der Waals surface area contributed by atoms with E-state index < -0.39 is 11.9 Å². The molecule has 0 saturated carbocycles. The molecule has 4 N–H and O–H groups in total. The molecule has 9 nitrogen and oxygen atoms in total. The fraction of sp³-hybridized carbons (Fsp3) is 0.414. The minimum Gasteiger partial charge on any atom is -0.496 e. The van der Waals surface area contributed by atoms with Crippen molar-refractivity contribution in [2.45, 2.75) is 70.7 Å². The first kappa shape index (κ1) is 28.9. The number of methoxy groups -OCH3 is 1. The Bertz CT molecular complexity index is 1210. The average molecular weight is 523 g/mol. The van der Waals surface area contributed by atoms with Gasteiger partial charge in [0.2, 0.25) is 0 Å². The maximum atomic E-state index is 9.10. The largest absolute Gasteiger partial charge is 0.496 e. The number of hydrogen-bond donors (Lipinski definition) is 4. The van der Waals surface area contributed by atoms with Crippen LogP contribution in [0.15, 0.2) is 60.8 Å². The predicted molar refractivity (Wildman–Crippen MR) is 146 cm³/mol. The molecule has 0 radical (unpaired) electrons. The van der Waals surface area contributed by atoms with Gasteiger partial charge in [0.05, 0.1) is 13.7 Å². The van der Waals surface area contributed by atoms with E-state index >= 15 is 0 Å².